The summed E-state index contributed by atoms with van der Waals surface area (Å²) >= 11 is 0. The highest BCUT2D eigenvalue weighted by Gasteiger charge is 2.27. The van der Waals surface area contributed by atoms with E-state index in [1.54, 1.807) is 12.2 Å². The zero-order valence-corrected chi connectivity index (χ0v) is 34.3. The maximum absolute atomic E-state index is 12.8. The molecule has 50 heavy (non-hydrogen) atoms. The monoisotopic (exact) mass is 730 g/mol. The topological polar surface area (TPSA) is 105 Å². The van der Waals surface area contributed by atoms with E-state index in [0.29, 0.717) is 17.4 Å². The van der Waals surface area contributed by atoms with Crippen LogP contribution in [0.2, 0.25) is 0 Å². The predicted molar refractivity (Wildman–Crippen MR) is 212 cm³/mol. The number of hydrogen-bond donors (Lipinski definition) is 3. The van der Waals surface area contributed by atoms with E-state index in [1.165, 1.54) is 128 Å². The Kier molecular flexibility index (Phi) is 33.1. The minimum Gasteiger partial charge on any atom is -0.387 e. The molecule has 3 atom stereocenters. The van der Waals surface area contributed by atoms with Crippen LogP contribution < -0.4 is 5.32 Å². The van der Waals surface area contributed by atoms with Crippen LogP contribution >= 0.6 is 7.82 Å². The first-order valence-corrected chi connectivity index (χ1v) is 22.2. The third-order valence-corrected chi connectivity index (χ3v) is 10.2. The zero-order valence-electron chi connectivity index (χ0n) is 33.4. The van der Waals surface area contributed by atoms with Crippen molar-refractivity contribution in [2.24, 2.45) is 0 Å². The number of phosphoric ester groups is 1. The van der Waals surface area contributed by atoms with Crippen LogP contribution in [-0.2, 0) is 18.4 Å². The van der Waals surface area contributed by atoms with Crippen molar-refractivity contribution in [2.75, 3.05) is 40.9 Å². The van der Waals surface area contributed by atoms with Gasteiger partial charge in [-0.05, 0) is 19.3 Å². The van der Waals surface area contributed by atoms with Gasteiger partial charge in [0.1, 0.15) is 13.2 Å². The molecule has 1 unspecified atom stereocenters. The summed E-state index contributed by atoms with van der Waals surface area (Å²) in [5.74, 6) is -0.195. The minimum atomic E-state index is -4.34. The van der Waals surface area contributed by atoms with Crippen LogP contribution in [0.4, 0.5) is 0 Å². The molecule has 3 N–H and O–H groups in total. The fraction of sp³-hybridized carbons (Fsp3) is 0.878. The molecule has 0 fully saturated rings. The molecule has 0 spiro atoms. The maximum Gasteiger partial charge on any atom is 0.472 e. The Morgan fingerprint density at radius 3 is 1.58 bits per heavy atom. The summed E-state index contributed by atoms with van der Waals surface area (Å²) in [6.45, 7) is 4.74. The van der Waals surface area contributed by atoms with Crippen LogP contribution in [0, 0.1) is 0 Å². The Hall–Kier alpha value is -1.02. The third-order valence-electron chi connectivity index (χ3n) is 9.23. The van der Waals surface area contributed by atoms with Crippen LogP contribution in [0.25, 0.3) is 0 Å². The summed E-state index contributed by atoms with van der Waals surface area (Å²) in [4.78, 5) is 23.0. The fourth-order valence-electron chi connectivity index (χ4n) is 5.86. The van der Waals surface area contributed by atoms with E-state index in [2.05, 4.69) is 25.2 Å². The number of likely N-dealkylation sites (N-methyl/N-ethyl adjacent to an activating group) is 1. The lowest BCUT2D eigenvalue weighted by Crippen LogP contribution is -2.45. The number of carbonyl (C=O) groups excluding carboxylic acids is 1. The number of carbonyl (C=O) groups is 1. The van der Waals surface area contributed by atoms with Gasteiger partial charge in [0.2, 0.25) is 5.91 Å². The molecule has 0 rings (SSSR count). The zero-order chi connectivity index (χ0) is 37.2. The summed E-state index contributed by atoms with van der Waals surface area (Å²) in [6.07, 6.45) is 38.3. The first kappa shape index (κ1) is 49.0. The SMILES string of the molecule is CCCCCCCC/C=C/C=C/[C@@H](O)[C@H](COP(=O)(O)OCC[N+](C)(C)C)NC(=O)CCCCCCCCCCCCCCCCCCCC. The van der Waals surface area contributed by atoms with Crippen molar-refractivity contribution in [2.45, 2.75) is 193 Å². The Bertz CT molecular complexity index is 876. The molecule has 0 aromatic carbocycles. The number of phosphoric acid groups is 1. The maximum atomic E-state index is 12.8. The summed E-state index contributed by atoms with van der Waals surface area (Å²) in [7, 11) is 1.55. The number of amides is 1. The normalized spacial score (nSPS) is 14.8. The average molecular weight is 730 g/mol. The molecular weight excluding hydrogens is 647 g/mol. The smallest absolute Gasteiger partial charge is 0.387 e. The van der Waals surface area contributed by atoms with Gasteiger partial charge in [0, 0.05) is 6.42 Å². The van der Waals surface area contributed by atoms with Gasteiger partial charge < -0.3 is 19.8 Å². The largest absolute Gasteiger partial charge is 0.472 e. The van der Waals surface area contributed by atoms with E-state index in [9.17, 15) is 19.4 Å². The third kappa shape index (κ3) is 35.4. The van der Waals surface area contributed by atoms with Crippen molar-refractivity contribution < 1.29 is 32.9 Å². The van der Waals surface area contributed by atoms with Gasteiger partial charge in [-0.1, -0.05) is 179 Å². The number of aliphatic hydroxyl groups is 1. The molecule has 0 saturated carbocycles. The molecule has 0 saturated heterocycles. The summed E-state index contributed by atoms with van der Waals surface area (Å²) in [5, 5.41) is 13.7. The van der Waals surface area contributed by atoms with Gasteiger partial charge in [0.15, 0.2) is 0 Å². The molecule has 0 aromatic heterocycles. The quantitative estimate of drug-likeness (QED) is 0.0254. The molecule has 0 aliphatic rings. The van der Waals surface area contributed by atoms with E-state index >= 15 is 0 Å². The summed E-state index contributed by atoms with van der Waals surface area (Å²) in [6, 6.07) is -0.872. The van der Waals surface area contributed by atoms with E-state index in [1.807, 2.05) is 27.2 Å². The molecule has 1 amide bonds. The lowest BCUT2D eigenvalue weighted by molar-refractivity contribution is -0.870. The van der Waals surface area contributed by atoms with Crippen molar-refractivity contribution in [3.05, 3.63) is 24.3 Å². The lowest BCUT2D eigenvalue weighted by atomic mass is 10.0. The number of unbranched alkanes of at least 4 members (excludes halogenated alkanes) is 23. The van der Waals surface area contributed by atoms with Crippen LogP contribution in [0.15, 0.2) is 24.3 Å². The van der Waals surface area contributed by atoms with Crippen molar-refractivity contribution in [1.29, 1.82) is 0 Å². The number of rotatable bonds is 37. The van der Waals surface area contributed by atoms with Gasteiger partial charge in [-0.3, -0.25) is 13.8 Å². The van der Waals surface area contributed by atoms with Crippen molar-refractivity contribution >= 4 is 13.7 Å². The molecule has 9 heteroatoms. The predicted octanol–water partition coefficient (Wildman–Crippen LogP) is 11.0. The van der Waals surface area contributed by atoms with E-state index in [-0.39, 0.29) is 19.1 Å². The van der Waals surface area contributed by atoms with E-state index in [0.717, 1.165) is 32.1 Å². The van der Waals surface area contributed by atoms with E-state index in [4.69, 9.17) is 9.05 Å². The number of hydrogen-bond acceptors (Lipinski definition) is 5. The van der Waals surface area contributed by atoms with Gasteiger partial charge in [0.25, 0.3) is 0 Å². The molecule has 0 radical (unpaired) electrons. The molecule has 0 bridgehead atoms. The second-order valence-electron chi connectivity index (χ2n) is 15.4. The summed E-state index contributed by atoms with van der Waals surface area (Å²) < 4.78 is 23.4. The first-order chi connectivity index (χ1) is 24.0. The number of quaternary nitrogens is 1. The standard InChI is InChI=1S/C41H81N2O6P/c1-6-8-10-12-14-16-18-19-20-21-22-23-24-25-27-29-31-33-35-41(45)42-39(38-49-50(46,47)48-37-36-43(3,4)5)40(44)34-32-30-28-26-17-15-13-11-9-7-2/h28,30,32,34,39-40,44H,6-27,29,31,33,35-38H2,1-5H3,(H-,42,45,46,47)/p+1/b30-28+,34-32+/t39-,40+/m0/s1. The average Bonchev–Trinajstić information content (AvgIpc) is 3.06. The molecule has 0 aliphatic heterocycles. The minimum absolute atomic E-state index is 0.0551. The second kappa shape index (κ2) is 33.8. The molecule has 8 nitrogen and oxygen atoms in total. The molecule has 296 valence electrons. The molecule has 0 aromatic rings. The number of aliphatic hydroxyl groups excluding tert-OH is 1. The first-order valence-electron chi connectivity index (χ1n) is 20.7. The Morgan fingerprint density at radius 2 is 1.12 bits per heavy atom. The highest BCUT2D eigenvalue weighted by Crippen LogP contribution is 2.43. The number of nitrogens with zero attached hydrogens (tertiary/aromatic N) is 1. The van der Waals surface area contributed by atoms with Gasteiger partial charge >= 0.3 is 7.82 Å². The van der Waals surface area contributed by atoms with Crippen LogP contribution in [0.1, 0.15) is 181 Å². The molecular formula is C41H82N2O6P+. The number of allylic oxidation sites excluding steroid dienone is 3. The van der Waals surface area contributed by atoms with Crippen molar-refractivity contribution in [1.82, 2.24) is 5.32 Å². The number of nitrogens with one attached hydrogen (secondary N) is 1. The summed E-state index contributed by atoms with van der Waals surface area (Å²) in [5.41, 5.74) is 0. The lowest BCUT2D eigenvalue weighted by Gasteiger charge is -2.25. The highest BCUT2D eigenvalue weighted by atomic mass is 31.2. The van der Waals surface area contributed by atoms with Crippen molar-refractivity contribution in [3.63, 3.8) is 0 Å². The van der Waals surface area contributed by atoms with Gasteiger partial charge in [0.05, 0.1) is 39.9 Å². The van der Waals surface area contributed by atoms with Crippen molar-refractivity contribution in [3.8, 4) is 0 Å². The Labute approximate surface area is 309 Å². The molecule has 0 heterocycles. The van der Waals surface area contributed by atoms with Gasteiger partial charge in [-0.2, -0.15) is 0 Å². The molecule has 0 aliphatic carbocycles. The van der Waals surface area contributed by atoms with Gasteiger partial charge in [-0.15, -0.1) is 0 Å². The Morgan fingerprint density at radius 1 is 0.680 bits per heavy atom. The van der Waals surface area contributed by atoms with Crippen LogP contribution in [0.5, 0.6) is 0 Å². The second-order valence-corrected chi connectivity index (χ2v) is 16.9. The van der Waals surface area contributed by atoms with Crippen LogP contribution in [0.3, 0.4) is 0 Å². The fourth-order valence-corrected chi connectivity index (χ4v) is 6.60. The highest BCUT2D eigenvalue weighted by molar-refractivity contribution is 7.47. The Balaban J connectivity index is 4.39. The van der Waals surface area contributed by atoms with E-state index < -0.39 is 20.0 Å². The van der Waals surface area contributed by atoms with Gasteiger partial charge in [-0.25, -0.2) is 4.57 Å². The van der Waals surface area contributed by atoms with Crippen LogP contribution in [-0.4, -0.2) is 73.4 Å².